The molecule has 2 saturated heterocycles. The van der Waals surface area contributed by atoms with Crippen molar-refractivity contribution < 1.29 is 13.9 Å². The van der Waals surface area contributed by atoms with E-state index in [1.54, 1.807) is 12.1 Å². The summed E-state index contributed by atoms with van der Waals surface area (Å²) < 4.78 is 19.2. The number of piperazine rings is 1. The molecular weight excluding hydrogens is 381 g/mol. The van der Waals surface area contributed by atoms with Gasteiger partial charge in [-0.2, -0.15) is 0 Å². The van der Waals surface area contributed by atoms with Gasteiger partial charge in [-0.3, -0.25) is 9.69 Å². The molecule has 0 radical (unpaired) electrons. The summed E-state index contributed by atoms with van der Waals surface area (Å²) in [4.78, 5) is 16.6. The van der Waals surface area contributed by atoms with Crippen molar-refractivity contribution in [2.45, 2.75) is 12.1 Å². The lowest BCUT2D eigenvalue weighted by Gasteiger charge is -2.43. The predicted molar refractivity (Wildman–Crippen MR) is 106 cm³/mol. The molecule has 7 heteroatoms. The van der Waals surface area contributed by atoms with Crippen molar-refractivity contribution in [3.8, 4) is 11.1 Å². The average molecular weight is 404 g/mol. The molecule has 2 fully saturated rings. The molecule has 0 saturated carbocycles. The summed E-state index contributed by atoms with van der Waals surface area (Å²) in [6.07, 6.45) is 0. The van der Waals surface area contributed by atoms with Gasteiger partial charge >= 0.3 is 0 Å². The van der Waals surface area contributed by atoms with E-state index < -0.39 is 5.54 Å². The Morgan fingerprint density at radius 3 is 2.36 bits per heavy atom. The number of hydrogen-bond donors (Lipinski definition) is 1. The second kappa shape index (κ2) is 7.79. The maximum Gasteiger partial charge on any atom is 0.247 e. The number of halogens is 2. The van der Waals surface area contributed by atoms with E-state index in [1.165, 1.54) is 6.07 Å². The number of nitrogens with two attached hydrogens (primary N) is 1. The van der Waals surface area contributed by atoms with Crippen LogP contribution in [0, 0.1) is 5.82 Å². The van der Waals surface area contributed by atoms with Crippen LogP contribution in [-0.2, 0) is 16.1 Å². The van der Waals surface area contributed by atoms with E-state index >= 15 is 0 Å². The molecule has 5 nitrogen and oxygen atoms in total. The van der Waals surface area contributed by atoms with Gasteiger partial charge in [0.25, 0.3) is 0 Å². The van der Waals surface area contributed by atoms with Crippen LogP contribution >= 0.6 is 11.6 Å². The fraction of sp³-hybridized carbons (Fsp3) is 0.381. The normalized spacial score (nSPS) is 19.3. The summed E-state index contributed by atoms with van der Waals surface area (Å²) in [5.41, 5.74) is 7.75. The van der Waals surface area contributed by atoms with Gasteiger partial charge in [0.05, 0.1) is 13.2 Å². The second-order valence-corrected chi connectivity index (χ2v) is 7.97. The van der Waals surface area contributed by atoms with Crippen LogP contribution in [0.1, 0.15) is 5.56 Å². The zero-order chi connectivity index (χ0) is 19.7. The average Bonchev–Trinajstić information content (AvgIpc) is 2.67. The summed E-state index contributed by atoms with van der Waals surface area (Å²) >= 11 is 5.82. The third-order valence-corrected chi connectivity index (χ3v) is 5.64. The highest BCUT2D eigenvalue weighted by Gasteiger charge is 2.44. The number of benzene rings is 2. The molecule has 2 aliphatic heterocycles. The van der Waals surface area contributed by atoms with Crippen LogP contribution in [0.15, 0.2) is 42.5 Å². The van der Waals surface area contributed by atoms with Gasteiger partial charge in [-0.1, -0.05) is 35.9 Å². The topological polar surface area (TPSA) is 58.8 Å². The Morgan fingerprint density at radius 2 is 1.79 bits per heavy atom. The Hall–Kier alpha value is -1.99. The molecule has 2 heterocycles. The molecule has 0 aliphatic carbocycles. The Bertz CT molecular complexity index is 862. The molecule has 0 spiro atoms. The van der Waals surface area contributed by atoms with Crippen LogP contribution in [-0.4, -0.2) is 60.6 Å². The lowest BCUT2D eigenvalue weighted by atomic mass is 9.96. The van der Waals surface area contributed by atoms with Crippen molar-refractivity contribution in [1.29, 1.82) is 0 Å². The highest BCUT2D eigenvalue weighted by molar-refractivity contribution is 6.30. The van der Waals surface area contributed by atoms with E-state index in [9.17, 15) is 9.18 Å². The largest absolute Gasteiger partial charge is 0.376 e. The van der Waals surface area contributed by atoms with Gasteiger partial charge in [0.2, 0.25) is 5.91 Å². The van der Waals surface area contributed by atoms with E-state index in [2.05, 4.69) is 4.90 Å². The molecule has 148 valence electrons. The number of carbonyl (C=O) groups is 1. The summed E-state index contributed by atoms with van der Waals surface area (Å²) in [5.74, 6) is -0.330. The quantitative estimate of drug-likeness (QED) is 0.852. The van der Waals surface area contributed by atoms with Crippen molar-refractivity contribution in [3.05, 3.63) is 58.9 Å². The van der Waals surface area contributed by atoms with Gasteiger partial charge in [-0.05, 0) is 29.3 Å². The Morgan fingerprint density at radius 1 is 1.11 bits per heavy atom. The number of ether oxygens (including phenoxy) is 1. The van der Waals surface area contributed by atoms with E-state index in [1.807, 2.05) is 29.2 Å². The number of rotatable bonds is 4. The number of carbonyl (C=O) groups excluding carboxylic acids is 1. The van der Waals surface area contributed by atoms with Crippen LogP contribution < -0.4 is 5.73 Å². The molecule has 4 rings (SSSR count). The second-order valence-electron chi connectivity index (χ2n) is 7.54. The maximum absolute atomic E-state index is 14.1. The van der Waals surface area contributed by atoms with Crippen LogP contribution in [0.5, 0.6) is 0 Å². The number of nitrogens with zero attached hydrogens (tertiary/aromatic N) is 2. The smallest absolute Gasteiger partial charge is 0.247 e. The first kappa shape index (κ1) is 19.3. The zero-order valence-corrected chi connectivity index (χ0v) is 16.3. The lowest BCUT2D eigenvalue weighted by molar-refractivity contribution is -0.156. The van der Waals surface area contributed by atoms with E-state index in [4.69, 9.17) is 22.1 Å². The molecule has 0 atom stereocenters. The highest BCUT2D eigenvalue weighted by Crippen LogP contribution is 2.26. The molecule has 28 heavy (non-hydrogen) atoms. The van der Waals surface area contributed by atoms with Crippen molar-refractivity contribution in [2.75, 3.05) is 39.4 Å². The van der Waals surface area contributed by atoms with Crippen LogP contribution in [0.4, 0.5) is 4.39 Å². The molecule has 2 aromatic carbocycles. The molecule has 2 aromatic rings. The van der Waals surface area contributed by atoms with Crippen LogP contribution in [0.3, 0.4) is 0 Å². The third-order valence-electron chi connectivity index (χ3n) is 5.41. The Balaban J connectivity index is 1.33. The van der Waals surface area contributed by atoms with Crippen LogP contribution in [0.2, 0.25) is 5.02 Å². The van der Waals surface area contributed by atoms with Crippen LogP contribution in [0.25, 0.3) is 11.1 Å². The van der Waals surface area contributed by atoms with Crippen molar-refractivity contribution in [3.63, 3.8) is 0 Å². The number of hydrogen-bond acceptors (Lipinski definition) is 4. The Kier molecular flexibility index (Phi) is 5.38. The highest BCUT2D eigenvalue weighted by atomic mass is 35.5. The van der Waals surface area contributed by atoms with E-state index in [0.29, 0.717) is 36.9 Å². The van der Waals surface area contributed by atoms with Gasteiger partial charge < -0.3 is 15.4 Å². The fourth-order valence-electron chi connectivity index (χ4n) is 3.64. The molecule has 1 amide bonds. The molecule has 0 bridgehead atoms. The van der Waals surface area contributed by atoms with Gasteiger partial charge in [0.1, 0.15) is 11.4 Å². The zero-order valence-electron chi connectivity index (χ0n) is 15.5. The summed E-state index contributed by atoms with van der Waals surface area (Å²) in [7, 11) is 0. The van der Waals surface area contributed by atoms with Gasteiger partial charge in [-0.15, -0.1) is 0 Å². The first-order chi connectivity index (χ1) is 13.4. The monoisotopic (exact) mass is 403 g/mol. The van der Waals surface area contributed by atoms with Gasteiger partial charge in [0, 0.05) is 43.3 Å². The minimum absolute atomic E-state index is 0.00672. The first-order valence-electron chi connectivity index (χ1n) is 9.37. The minimum atomic E-state index is -0.824. The predicted octanol–water partition coefficient (Wildman–Crippen LogP) is 2.52. The maximum atomic E-state index is 14.1. The number of amides is 1. The van der Waals surface area contributed by atoms with E-state index in [-0.39, 0.29) is 11.7 Å². The van der Waals surface area contributed by atoms with E-state index in [0.717, 1.165) is 30.8 Å². The van der Waals surface area contributed by atoms with Crippen molar-refractivity contribution >= 4 is 17.5 Å². The molecule has 0 unspecified atom stereocenters. The molecule has 2 N–H and O–H groups in total. The molecule has 0 aromatic heterocycles. The summed E-state index contributed by atoms with van der Waals surface area (Å²) in [6, 6.07) is 12.6. The van der Waals surface area contributed by atoms with Gasteiger partial charge in [0.15, 0.2) is 0 Å². The SMILES string of the molecule is NC1(C(=O)N2CCN(Cc3ccc(-c4ccc(Cl)cc4F)cc3)CC2)COC1. The molecule has 2 aliphatic rings. The lowest BCUT2D eigenvalue weighted by Crippen LogP contribution is -2.68. The summed E-state index contributed by atoms with van der Waals surface area (Å²) in [5, 5.41) is 0.390. The fourth-order valence-corrected chi connectivity index (χ4v) is 3.80. The minimum Gasteiger partial charge on any atom is -0.376 e. The first-order valence-corrected chi connectivity index (χ1v) is 9.75. The molecular formula is C21H23ClFN3O2. The summed E-state index contributed by atoms with van der Waals surface area (Å²) in [6.45, 7) is 4.37. The van der Waals surface area contributed by atoms with Gasteiger partial charge in [-0.25, -0.2) is 4.39 Å². The third kappa shape index (κ3) is 3.91. The Labute approximate surface area is 168 Å². The standard InChI is InChI=1S/C21H23ClFN3O2/c22-17-5-6-18(19(23)11-17)16-3-1-15(2-4-16)12-25-7-9-26(10-8-25)20(27)21(24)13-28-14-21/h1-6,11H,7-10,12-14,24H2. The van der Waals surface area contributed by atoms with Crippen molar-refractivity contribution in [1.82, 2.24) is 9.80 Å². The van der Waals surface area contributed by atoms with Crippen molar-refractivity contribution in [2.24, 2.45) is 5.73 Å².